The highest BCUT2D eigenvalue weighted by atomic mass is 32.2. The topological polar surface area (TPSA) is 215 Å². The number of oxime groups is 1. The van der Waals surface area contributed by atoms with Gasteiger partial charge in [-0.3, -0.25) is 29.4 Å². The van der Waals surface area contributed by atoms with Gasteiger partial charge in [-0.2, -0.15) is 0 Å². The lowest BCUT2D eigenvalue weighted by Gasteiger charge is -2.49. The van der Waals surface area contributed by atoms with E-state index >= 15 is 0 Å². The fraction of sp³-hybridized carbons (Fsp3) is 0.385. The second-order valence-electron chi connectivity index (χ2n) is 10.3. The van der Waals surface area contributed by atoms with Crippen molar-refractivity contribution in [2.24, 2.45) is 10.6 Å². The standard InChI is InChI=1S/C26H28N6O10S2/c1-26(2,3)24(36)42-12-41-23(35)19-16(40-9-13-5-7-14(8-6-13)32(37)38)11-43-22-18(21(34)31(19)22)29-20(33)17(30-39-4)15-10-44-25(27)28-15/h5-8,10,18,22H,9,11-12H2,1-4H3,(H2,27,28)(H,29,33)/b30-17-/t18-,22+/m1/s1. The van der Waals surface area contributed by atoms with Gasteiger partial charge in [0.15, 0.2) is 16.5 Å². The molecular formula is C26H28N6O10S2. The lowest BCUT2D eigenvalue weighted by Crippen LogP contribution is -2.71. The molecule has 3 N–H and O–H groups in total. The number of hydrogen-bond donors (Lipinski definition) is 2. The molecule has 2 aliphatic heterocycles. The number of amides is 2. The lowest BCUT2D eigenvalue weighted by molar-refractivity contribution is -0.384. The first-order valence-electron chi connectivity index (χ1n) is 12.8. The second kappa shape index (κ2) is 13.3. The number of hydrogen-bond acceptors (Lipinski definition) is 15. The molecule has 0 radical (unpaired) electrons. The van der Waals surface area contributed by atoms with Crippen molar-refractivity contribution in [1.29, 1.82) is 0 Å². The Labute approximate surface area is 258 Å². The number of ether oxygens (including phenoxy) is 3. The van der Waals surface area contributed by atoms with Crippen molar-refractivity contribution in [3.8, 4) is 0 Å². The number of nitrogen functional groups attached to an aromatic ring is 1. The summed E-state index contributed by atoms with van der Waals surface area (Å²) in [6, 6.07) is 4.56. The third-order valence-corrected chi connectivity index (χ3v) is 8.06. The van der Waals surface area contributed by atoms with Crippen LogP contribution in [0.25, 0.3) is 0 Å². The summed E-state index contributed by atoms with van der Waals surface area (Å²) in [5, 5.41) is 18.3. The molecule has 1 aromatic carbocycles. The van der Waals surface area contributed by atoms with E-state index in [1.807, 2.05) is 0 Å². The van der Waals surface area contributed by atoms with E-state index in [-0.39, 0.29) is 46.0 Å². The van der Waals surface area contributed by atoms with Crippen molar-refractivity contribution < 1.29 is 43.1 Å². The molecule has 0 bridgehead atoms. The number of rotatable bonds is 11. The smallest absolute Gasteiger partial charge is 0.361 e. The van der Waals surface area contributed by atoms with Gasteiger partial charge in [0.05, 0.1) is 16.1 Å². The van der Waals surface area contributed by atoms with Gasteiger partial charge in [0.2, 0.25) is 6.79 Å². The van der Waals surface area contributed by atoms with Crippen molar-refractivity contribution in [3.05, 3.63) is 62.5 Å². The number of nitro groups is 1. The Balaban J connectivity index is 1.53. The zero-order valence-corrected chi connectivity index (χ0v) is 25.6. The average molecular weight is 649 g/mol. The van der Waals surface area contributed by atoms with Gasteiger partial charge in [-0.05, 0) is 38.5 Å². The van der Waals surface area contributed by atoms with Crippen molar-refractivity contribution >= 4 is 63.4 Å². The summed E-state index contributed by atoms with van der Waals surface area (Å²) in [6.07, 6.45) is 0. The third-order valence-electron chi connectivity index (χ3n) is 6.13. The molecule has 0 aliphatic carbocycles. The predicted octanol–water partition coefficient (Wildman–Crippen LogP) is 1.90. The quantitative estimate of drug-likeness (QED) is 0.0890. The number of aromatic nitrogens is 1. The van der Waals surface area contributed by atoms with Crippen molar-refractivity contribution in [3.63, 3.8) is 0 Å². The van der Waals surface area contributed by atoms with E-state index in [1.165, 1.54) is 48.5 Å². The number of nitrogens with one attached hydrogen (secondary N) is 1. The number of nitrogens with zero attached hydrogens (tertiary/aromatic N) is 4. The minimum Gasteiger partial charge on any atom is -0.490 e. The number of nitrogens with two attached hydrogens (primary N) is 1. The van der Waals surface area contributed by atoms with Crippen LogP contribution in [-0.2, 0) is 44.8 Å². The van der Waals surface area contributed by atoms with Crippen LogP contribution in [0.1, 0.15) is 32.0 Å². The van der Waals surface area contributed by atoms with Crippen LogP contribution in [0.4, 0.5) is 10.8 Å². The molecule has 16 nitrogen and oxygen atoms in total. The summed E-state index contributed by atoms with van der Waals surface area (Å²) < 4.78 is 16.1. The number of non-ortho nitro benzene ring substituents is 1. The lowest BCUT2D eigenvalue weighted by atomic mass is 9.98. The Morgan fingerprint density at radius 1 is 1.23 bits per heavy atom. The molecule has 0 unspecified atom stereocenters. The summed E-state index contributed by atoms with van der Waals surface area (Å²) in [4.78, 5) is 72.1. The number of esters is 2. The molecular weight excluding hydrogens is 620 g/mol. The highest BCUT2D eigenvalue weighted by Gasteiger charge is 2.55. The van der Waals surface area contributed by atoms with E-state index in [9.17, 15) is 29.3 Å². The van der Waals surface area contributed by atoms with E-state index in [1.54, 1.807) is 20.8 Å². The zero-order chi connectivity index (χ0) is 32.2. The Hall–Kier alpha value is -4.71. The molecule has 2 atom stereocenters. The number of anilines is 1. The highest BCUT2D eigenvalue weighted by Crippen LogP contribution is 2.41. The van der Waals surface area contributed by atoms with Crippen LogP contribution in [0.15, 0.2) is 46.3 Å². The average Bonchev–Trinajstić information content (AvgIpc) is 3.41. The van der Waals surface area contributed by atoms with Gasteiger partial charge >= 0.3 is 11.9 Å². The number of nitro benzene ring substituents is 1. The largest absolute Gasteiger partial charge is 0.490 e. The summed E-state index contributed by atoms with van der Waals surface area (Å²) >= 11 is 2.30. The van der Waals surface area contributed by atoms with Crippen molar-refractivity contribution in [2.45, 2.75) is 38.8 Å². The monoisotopic (exact) mass is 648 g/mol. The van der Waals surface area contributed by atoms with Gasteiger partial charge in [-0.15, -0.1) is 23.1 Å². The normalized spacial score (nSPS) is 18.1. The predicted molar refractivity (Wildman–Crippen MR) is 157 cm³/mol. The van der Waals surface area contributed by atoms with Crippen LogP contribution in [0.2, 0.25) is 0 Å². The van der Waals surface area contributed by atoms with E-state index in [2.05, 4.69) is 15.5 Å². The Bertz CT molecular complexity index is 1530. The van der Waals surface area contributed by atoms with E-state index in [0.29, 0.717) is 5.56 Å². The Kier molecular flexibility index (Phi) is 9.73. The highest BCUT2D eigenvalue weighted by molar-refractivity contribution is 8.00. The number of thioether (sulfide) groups is 1. The molecule has 2 aliphatic rings. The Morgan fingerprint density at radius 3 is 2.52 bits per heavy atom. The van der Waals surface area contributed by atoms with E-state index < -0.39 is 52.3 Å². The molecule has 3 heterocycles. The third kappa shape index (κ3) is 7.08. The minimum atomic E-state index is -1.05. The number of β-lactam (4-membered cyclic amide) rings is 1. The second-order valence-corrected chi connectivity index (χ2v) is 12.3. The molecule has 2 aromatic rings. The molecule has 234 valence electrons. The number of carbonyl (C=O) groups excluding carboxylic acids is 4. The molecule has 0 spiro atoms. The minimum absolute atomic E-state index is 0.0792. The first-order chi connectivity index (χ1) is 20.8. The maximum Gasteiger partial charge on any atom is 0.361 e. The summed E-state index contributed by atoms with van der Waals surface area (Å²) in [5.41, 5.74) is 5.02. The molecule has 1 fully saturated rings. The van der Waals surface area contributed by atoms with Crippen LogP contribution >= 0.6 is 23.1 Å². The van der Waals surface area contributed by atoms with Crippen LogP contribution in [0.3, 0.4) is 0 Å². The van der Waals surface area contributed by atoms with Crippen molar-refractivity contribution in [1.82, 2.24) is 15.2 Å². The summed E-state index contributed by atoms with van der Waals surface area (Å²) in [7, 11) is 1.25. The summed E-state index contributed by atoms with van der Waals surface area (Å²) in [5.74, 6) is -2.80. The van der Waals surface area contributed by atoms with E-state index in [4.69, 9.17) is 24.8 Å². The van der Waals surface area contributed by atoms with Gasteiger partial charge in [-0.1, -0.05) is 5.16 Å². The first-order valence-corrected chi connectivity index (χ1v) is 14.8. The molecule has 2 amide bonds. The van der Waals surface area contributed by atoms with Crippen LogP contribution < -0.4 is 11.1 Å². The fourth-order valence-electron chi connectivity index (χ4n) is 3.90. The fourth-order valence-corrected chi connectivity index (χ4v) is 5.72. The van der Waals surface area contributed by atoms with E-state index in [0.717, 1.165) is 16.2 Å². The first kappa shape index (κ1) is 32.2. The van der Waals surface area contributed by atoms with Crippen molar-refractivity contribution in [2.75, 3.05) is 25.4 Å². The number of thiazole rings is 1. The van der Waals surface area contributed by atoms with Crippen LogP contribution in [0.5, 0.6) is 0 Å². The van der Waals surface area contributed by atoms with Gasteiger partial charge in [0.1, 0.15) is 36.6 Å². The van der Waals surface area contributed by atoms with Gasteiger partial charge in [0.25, 0.3) is 17.5 Å². The van der Waals surface area contributed by atoms with Gasteiger partial charge in [0, 0.05) is 17.5 Å². The van der Waals surface area contributed by atoms with Crippen LogP contribution in [-0.4, -0.2) is 75.3 Å². The molecule has 18 heteroatoms. The van der Waals surface area contributed by atoms with Crippen LogP contribution in [0, 0.1) is 15.5 Å². The van der Waals surface area contributed by atoms with Gasteiger partial charge in [-0.25, -0.2) is 9.78 Å². The van der Waals surface area contributed by atoms with Gasteiger partial charge < -0.3 is 30.1 Å². The SMILES string of the molecule is CO/N=C(\C(=O)N[C@@H]1C(=O)N2C(C(=O)OCOC(=O)C(C)(C)C)=C(OCc3ccc([N+](=O)[O-])cc3)CS[C@@H]12)c1csc(N)n1. The molecule has 0 saturated carbocycles. The molecule has 44 heavy (non-hydrogen) atoms. The number of fused-ring (bicyclic) bond motifs is 1. The number of benzene rings is 1. The molecule has 1 aromatic heterocycles. The number of carbonyl (C=O) groups is 4. The molecule has 4 rings (SSSR count). The maximum absolute atomic E-state index is 13.3. The Morgan fingerprint density at radius 2 is 1.93 bits per heavy atom. The summed E-state index contributed by atoms with van der Waals surface area (Å²) in [6.45, 7) is 4.11. The maximum atomic E-state index is 13.3. The molecule has 1 saturated heterocycles. The zero-order valence-electron chi connectivity index (χ0n) is 23.9.